The van der Waals surface area contributed by atoms with Gasteiger partial charge < -0.3 is 0 Å². The Morgan fingerprint density at radius 2 is 2.00 bits per heavy atom. The molecule has 1 aromatic rings. The van der Waals surface area contributed by atoms with Gasteiger partial charge in [0, 0.05) is 11.8 Å². The van der Waals surface area contributed by atoms with Crippen LogP contribution in [-0.2, 0) is 0 Å². The van der Waals surface area contributed by atoms with Gasteiger partial charge in [-0.05, 0) is 31.2 Å². The fourth-order valence-electron chi connectivity index (χ4n) is 2.35. The van der Waals surface area contributed by atoms with Crippen LogP contribution in [0.25, 0.3) is 0 Å². The van der Waals surface area contributed by atoms with E-state index in [4.69, 9.17) is 0 Å². The maximum atomic E-state index is 11.0. The summed E-state index contributed by atoms with van der Waals surface area (Å²) in [5.41, 5.74) is 3.16. The molecular weight excluding hydrogens is 276 g/mol. The fourth-order valence-corrected chi connectivity index (χ4v) is 2.35. The van der Waals surface area contributed by atoms with Crippen molar-refractivity contribution in [3.8, 4) is 0 Å². The van der Waals surface area contributed by atoms with Crippen LogP contribution in [0.15, 0.2) is 23.3 Å². The van der Waals surface area contributed by atoms with Crippen LogP contribution in [0.2, 0.25) is 0 Å². The maximum absolute atomic E-state index is 11.0. The van der Waals surface area contributed by atoms with Crippen LogP contribution in [-0.4, -0.2) is 15.6 Å². The predicted molar refractivity (Wildman–Crippen MR) is 78.4 cm³/mol. The summed E-state index contributed by atoms with van der Waals surface area (Å²) in [4.78, 5) is 20.4. The number of hydrazone groups is 1. The van der Waals surface area contributed by atoms with E-state index in [9.17, 15) is 20.2 Å². The molecule has 1 N–H and O–H groups in total. The SMILES string of the molecule is C[C@@H]1CCCCC1=NNc1ccc([N+](=O)[O-])cc1[N+](=O)[O-]. The Hall–Kier alpha value is -2.51. The van der Waals surface area contributed by atoms with Crippen LogP contribution >= 0.6 is 0 Å². The first-order valence-corrected chi connectivity index (χ1v) is 6.74. The van der Waals surface area contributed by atoms with E-state index in [1.807, 2.05) is 0 Å². The van der Waals surface area contributed by atoms with Crippen molar-refractivity contribution in [2.24, 2.45) is 11.0 Å². The van der Waals surface area contributed by atoms with Gasteiger partial charge in [0.25, 0.3) is 5.69 Å². The van der Waals surface area contributed by atoms with Crippen molar-refractivity contribution in [1.82, 2.24) is 0 Å². The first-order valence-electron chi connectivity index (χ1n) is 6.74. The second-order valence-corrected chi connectivity index (χ2v) is 5.08. The lowest BCUT2D eigenvalue weighted by Crippen LogP contribution is -2.17. The Balaban J connectivity index is 2.25. The summed E-state index contributed by atoms with van der Waals surface area (Å²) in [6.45, 7) is 2.07. The average Bonchev–Trinajstić information content (AvgIpc) is 2.46. The first kappa shape index (κ1) is 14.9. The number of nitro benzene ring substituents is 2. The smallest absolute Gasteiger partial charge is 0.272 e. The van der Waals surface area contributed by atoms with E-state index in [1.165, 1.54) is 12.1 Å². The van der Waals surface area contributed by atoms with Crippen LogP contribution < -0.4 is 5.43 Å². The zero-order valence-corrected chi connectivity index (χ0v) is 11.6. The molecule has 1 saturated carbocycles. The van der Waals surface area contributed by atoms with Gasteiger partial charge in [-0.15, -0.1) is 0 Å². The van der Waals surface area contributed by atoms with Crippen molar-refractivity contribution in [2.75, 3.05) is 5.43 Å². The van der Waals surface area contributed by atoms with Crippen LogP contribution in [0.5, 0.6) is 0 Å². The van der Waals surface area contributed by atoms with E-state index in [2.05, 4.69) is 17.5 Å². The topological polar surface area (TPSA) is 111 Å². The molecule has 1 fully saturated rings. The van der Waals surface area contributed by atoms with Gasteiger partial charge in [0.15, 0.2) is 0 Å². The Kier molecular flexibility index (Phi) is 4.46. The summed E-state index contributed by atoms with van der Waals surface area (Å²) in [5, 5.41) is 25.9. The van der Waals surface area contributed by atoms with Crippen LogP contribution in [0.1, 0.15) is 32.6 Å². The largest absolute Gasteiger partial charge is 0.301 e. The Labute approximate surface area is 121 Å². The Morgan fingerprint density at radius 3 is 2.62 bits per heavy atom. The summed E-state index contributed by atoms with van der Waals surface area (Å²) >= 11 is 0. The molecule has 1 aliphatic rings. The fraction of sp³-hybridized carbons (Fsp3) is 0.462. The van der Waals surface area contributed by atoms with Gasteiger partial charge in [-0.3, -0.25) is 25.7 Å². The van der Waals surface area contributed by atoms with Crippen molar-refractivity contribution in [3.63, 3.8) is 0 Å². The molecule has 8 heteroatoms. The van der Waals surface area contributed by atoms with E-state index in [1.54, 1.807) is 0 Å². The molecule has 0 heterocycles. The van der Waals surface area contributed by atoms with E-state index < -0.39 is 9.85 Å². The zero-order valence-electron chi connectivity index (χ0n) is 11.6. The van der Waals surface area contributed by atoms with Crippen LogP contribution in [0.4, 0.5) is 17.1 Å². The van der Waals surface area contributed by atoms with Gasteiger partial charge in [-0.1, -0.05) is 13.3 Å². The number of hydrogen-bond acceptors (Lipinski definition) is 6. The van der Waals surface area contributed by atoms with Crippen LogP contribution in [0, 0.1) is 26.1 Å². The molecule has 0 saturated heterocycles. The number of non-ortho nitro benzene ring substituents is 1. The predicted octanol–water partition coefficient (Wildman–Crippen LogP) is 3.48. The van der Waals surface area contributed by atoms with E-state index in [-0.39, 0.29) is 17.1 Å². The third kappa shape index (κ3) is 3.53. The molecule has 0 unspecified atom stereocenters. The highest BCUT2D eigenvalue weighted by atomic mass is 16.6. The summed E-state index contributed by atoms with van der Waals surface area (Å²) in [7, 11) is 0. The maximum Gasteiger partial charge on any atom is 0.301 e. The number of nitro groups is 2. The molecule has 0 spiro atoms. The van der Waals surface area contributed by atoms with E-state index in [0.29, 0.717) is 5.92 Å². The molecule has 21 heavy (non-hydrogen) atoms. The molecule has 112 valence electrons. The number of benzene rings is 1. The van der Waals surface area contributed by atoms with Crippen molar-refractivity contribution in [3.05, 3.63) is 38.4 Å². The van der Waals surface area contributed by atoms with Gasteiger partial charge in [-0.25, -0.2) is 0 Å². The monoisotopic (exact) mass is 292 g/mol. The minimum atomic E-state index is -0.661. The number of nitrogens with zero attached hydrogens (tertiary/aromatic N) is 3. The molecule has 0 bridgehead atoms. The Bertz CT molecular complexity index is 600. The minimum absolute atomic E-state index is 0.163. The highest BCUT2D eigenvalue weighted by molar-refractivity contribution is 5.88. The summed E-state index contributed by atoms with van der Waals surface area (Å²) in [6, 6.07) is 3.47. The van der Waals surface area contributed by atoms with Gasteiger partial charge in [0.1, 0.15) is 5.69 Å². The molecule has 1 aliphatic carbocycles. The van der Waals surface area contributed by atoms with Crippen molar-refractivity contribution < 1.29 is 9.85 Å². The lowest BCUT2D eigenvalue weighted by molar-refractivity contribution is -0.393. The highest BCUT2D eigenvalue weighted by Gasteiger charge is 2.20. The first-order chi connectivity index (χ1) is 9.99. The molecule has 1 aromatic carbocycles. The highest BCUT2D eigenvalue weighted by Crippen LogP contribution is 2.29. The second-order valence-electron chi connectivity index (χ2n) is 5.08. The van der Waals surface area contributed by atoms with Crippen molar-refractivity contribution >= 4 is 22.8 Å². The number of rotatable bonds is 4. The normalized spacial score (nSPS) is 20.2. The number of anilines is 1. The van der Waals surface area contributed by atoms with Gasteiger partial charge in [-0.2, -0.15) is 5.10 Å². The third-order valence-corrected chi connectivity index (χ3v) is 3.60. The molecule has 0 amide bonds. The zero-order chi connectivity index (χ0) is 15.4. The number of hydrogen-bond donors (Lipinski definition) is 1. The van der Waals surface area contributed by atoms with E-state index in [0.717, 1.165) is 37.5 Å². The number of nitrogens with one attached hydrogen (secondary N) is 1. The molecule has 2 rings (SSSR count). The van der Waals surface area contributed by atoms with Crippen molar-refractivity contribution in [2.45, 2.75) is 32.6 Å². The lowest BCUT2D eigenvalue weighted by Gasteiger charge is -2.19. The molecule has 1 atom stereocenters. The second kappa shape index (κ2) is 6.29. The average molecular weight is 292 g/mol. The Morgan fingerprint density at radius 1 is 1.24 bits per heavy atom. The van der Waals surface area contributed by atoms with Crippen molar-refractivity contribution in [1.29, 1.82) is 0 Å². The molecule has 0 radical (unpaired) electrons. The summed E-state index contributed by atoms with van der Waals surface area (Å²) in [5.74, 6) is 0.350. The quantitative estimate of drug-likeness (QED) is 0.674. The standard InChI is InChI=1S/C13H16N4O4/c1-9-4-2-3-5-11(9)14-15-12-7-6-10(16(18)19)8-13(12)17(20)21/h6-9,15H,2-5H2,1H3/t9-/m1/s1. The van der Waals surface area contributed by atoms with Gasteiger partial charge >= 0.3 is 5.69 Å². The molecule has 0 aliphatic heterocycles. The molecule has 0 aromatic heterocycles. The molecular formula is C13H16N4O4. The summed E-state index contributed by atoms with van der Waals surface area (Å²) in [6.07, 6.45) is 4.16. The van der Waals surface area contributed by atoms with Crippen LogP contribution in [0.3, 0.4) is 0 Å². The van der Waals surface area contributed by atoms with E-state index >= 15 is 0 Å². The van der Waals surface area contributed by atoms with Gasteiger partial charge in [0.2, 0.25) is 0 Å². The summed E-state index contributed by atoms with van der Waals surface area (Å²) < 4.78 is 0. The minimum Gasteiger partial charge on any atom is -0.272 e. The van der Waals surface area contributed by atoms with Gasteiger partial charge in [0.05, 0.1) is 15.9 Å². The third-order valence-electron chi connectivity index (χ3n) is 3.60. The molecule has 8 nitrogen and oxygen atoms in total. The lowest BCUT2D eigenvalue weighted by atomic mass is 9.89.